The highest BCUT2D eigenvalue weighted by atomic mass is 15.1. The number of hydrogen-bond donors (Lipinski definition) is 0. The zero-order valence-electron chi connectivity index (χ0n) is 37.2. The summed E-state index contributed by atoms with van der Waals surface area (Å²) in [5.74, 6) is 0. The first kappa shape index (κ1) is 41.7. The minimum Gasteiger partial charge on any atom is -0.311 e. The van der Waals surface area contributed by atoms with E-state index in [0.717, 1.165) is 52.5 Å². The first-order valence-corrected chi connectivity index (χ1v) is 22.4. The van der Waals surface area contributed by atoms with Crippen LogP contribution in [0.1, 0.15) is 50.1 Å². The molecule has 0 N–H and O–H groups in total. The lowest BCUT2D eigenvalue weighted by molar-refractivity contribution is 0.948. The molecule has 0 heterocycles. The van der Waals surface area contributed by atoms with Crippen molar-refractivity contribution in [3.8, 4) is 11.1 Å². The van der Waals surface area contributed by atoms with Crippen molar-refractivity contribution in [2.75, 3.05) is 9.80 Å². The van der Waals surface area contributed by atoms with E-state index in [4.69, 9.17) is 0 Å². The average molecular weight is 827 g/mol. The fraction of sp³-hybridized carbons (Fsp3) is 0.0968. The summed E-state index contributed by atoms with van der Waals surface area (Å²) in [5.41, 5.74) is 21.9. The highest BCUT2D eigenvalue weighted by Crippen LogP contribution is 2.39. The molecule has 9 rings (SSSR count). The summed E-state index contributed by atoms with van der Waals surface area (Å²) in [4.78, 5) is 4.73. The van der Waals surface area contributed by atoms with E-state index in [2.05, 4.69) is 268 Å². The summed E-state index contributed by atoms with van der Waals surface area (Å²) in [6, 6.07) is 81.4. The molecule has 2 heteroatoms. The van der Waals surface area contributed by atoms with Crippen molar-refractivity contribution in [1.29, 1.82) is 0 Å². The molecule has 0 atom stereocenters. The van der Waals surface area contributed by atoms with Crippen LogP contribution < -0.4 is 9.80 Å². The Hall–Kier alpha value is -7.68. The Kier molecular flexibility index (Phi) is 12.5. The monoisotopic (exact) mass is 826 g/mol. The minimum atomic E-state index is 0.957. The van der Waals surface area contributed by atoms with Crippen LogP contribution in [-0.2, 0) is 12.8 Å². The molecule has 0 unspecified atom stereocenters. The Morgan fingerprint density at radius 2 is 0.797 bits per heavy atom. The molecule has 9 aromatic carbocycles. The summed E-state index contributed by atoms with van der Waals surface area (Å²) in [6.07, 6.45) is 4.21. The van der Waals surface area contributed by atoms with Crippen molar-refractivity contribution in [2.24, 2.45) is 0 Å². The molecule has 312 valence electrons. The van der Waals surface area contributed by atoms with Crippen molar-refractivity contribution in [2.45, 2.75) is 40.5 Å². The molecular weight excluding hydrogens is 773 g/mol. The summed E-state index contributed by atoms with van der Waals surface area (Å²) < 4.78 is 0. The van der Waals surface area contributed by atoms with Gasteiger partial charge in [0.2, 0.25) is 0 Å². The average Bonchev–Trinajstić information content (AvgIpc) is 3.34. The van der Waals surface area contributed by atoms with Gasteiger partial charge in [-0.1, -0.05) is 157 Å². The molecule has 0 radical (unpaired) electrons. The van der Waals surface area contributed by atoms with Crippen LogP contribution in [0.5, 0.6) is 0 Å². The van der Waals surface area contributed by atoms with E-state index in [1.807, 2.05) is 0 Å². The number of aryl methyl sites for hydroxylation is 6. The Bertz CT molecular complexity index is 2930. The maximum atomic E-state index is 2.38. The van der Waals surface area contributed by atoms with Crippen LogP contribution in [0.3, 0.4) is 0 Å². The van der Waals surface area contributed by atoms with Gasteiger partial charge in [0.15, 0.2) is 0 Å². The van der Waals surface area contributed by atoms with Crippen LogP contribution in [0.2, 0.25) is 0 Å². The standard InChI is InChI=1S/C62H54N2/c1-45-20-32-56(33-21-45)63(58-37-26-50(27-38-58)44-62(54-16-10-6-11-17-54)55-18-12-7-13-19-55)57-35-24-49(25-36-57)23-28-51-29-41-61(43-48(51)4)64(60-34-22-46(2)47(3)42-60)59-39-30-53(31-40-59)52-14-8-5-9-15-52/h5-22,24-27,29-44H,23,28H2,1-4H3. The molecule has 0 aliphatic heterocycles. The smallest absolute Gasteiger partial charge is 0.0464 e. The number of nitrogens with zero attached hydrogens (tertiary/aromatic N) is 2. The summed E-state index contributed by atoms with van der Waals surface area (Å²) in [7, 11) is 0. The third-order valence-corrected chi connectivity index (χ3v) is 12.4. The van der Waals surface area contributed by atoms with Gasteiger partial charge in [-0.25, -0.2) is 0 Å². The molecule has 0 saturated carbocycles. The molecule has 0 bridgehead atoms. The van der Waals surface area contributed by atoms with Gasteiger partial charge in [0.25, 0.3) is 0 Å². The number of rotatable bonds is 13. The van der Waals surface area contributed by atoms with Gasteiger partial charge < -0.3 is 9.80 Å². The van der Waals surface area contributed by atoms with Gasteiger partial charge in [-0.15, -0.1) is 0 Å². The second-order valence-corrected chi connectivity index (χ2v) is 16.8. The Morgan fingerprint density at radius 1 is 0.359 bits per heavy atom. The lowest BCUT2D eigenvalue weighted by Gasteiger charge is -2.27. The maximum Gasteiger partial charge on any atom is 0.0464 e. The van der Waals surface area contributed by atoms with Crippen LogP contribution in [0.4, 0.5) is 34.1 Å². The fourth-order valence-corrected chi connectivity index (χ4v) is 8.53. The number of hydrogen-bond acceptors (Lipinski definition) is 2. The van der Waals surface area contributed by atoms with Crippen molar-refractivity contribution < 1.29 is 0 Å². The third-order valence-electron chi connectivity index (χ3n) is 12.4. The van der Waals surface area contributed by atoms with E-state index in [-0.39, 0.29) is 0 Å². The Balaban J connectivity index is 0.948. The molecule has 2 nitrogen and oxygen atoms in total. The predicted octanol–water partition coefficient (Wildman–Crippen LogP) is 16.9. The number of benzene rings is 9. The van der Waals surface area contributed by atoms with Crippen LogP contribution in [0, 0.1) is 27.7 Å². The Labute approximate surface area is 380 Å². The molecule has 9 aromatic rings. The molecule has 0 spiro atoms. The van der Waals surface area contributed by atoms with E-state index in [1.165, 1.54) is 61.2 Å². The minimum absolute atomic E-state index is 0.957. The van der Waals surface area contributed by atoms with E-state index >= 15 is 0 Å². The zero-order valence-corrected chi connectivity index (χ0v) is 37.2. The van der Waals surface area contributed by atoms with Gasteiger partial charge in [0, 0.05) is 34.1 Å². The molecule has 0 aromatic heterocycles. The Morgan fingerprint density at radius 3 is 1.34 bits per heavy atom. The van der Waals surface area contributed by atoms with E-state index in [0.29, 0.717) is 0 Å². The topological polar surface area (TPSA) is 6.48 Å². The van der Waals surface area contributed by atoms with Crippen molar-refractivity contribution in [3.63, 3.8) is 0 Å². The second kappa shape index (κ2) is 19.2. The number of anilines is 6. The van der Waals surface area contributed by atoms with E-state index < -0.39 is 0 Å². The zero-order chi connectivity index (χ0) is 43.8. The van der Waals surface area contributed by atoms with Crippen LogP contribution in [0.15, 0.2) is 224 Å². The van der Waals surface area contributed by atoms with Crippen molar-refractivity contribution in [3.05, 3.63) is 275 Å². The maximum absolute atomic E-state index is 2.38. The lowest BCUT2D eigenvalue weighted by atomic mass is 9.95. The molecule has 0 saturated heterocycles. The summed E-state index contributed by atoms with van der Waals surface area (Å²) >= 11 is 0. The molecule has 0 amide bonds. The highest BCUT2D eigenvalue weighted by Gasteiger charge is 2.17. The molecule has 0 aliphatic carbocycles. The van der Waals surface area contributed by atoms with Gasteiger partial charge >= 0.3 is 0 Å². The molecule has 64 heavy (non-hydrogen) atoms. The normalized spacial score (nSPS) is 10.9. The van der Waals surface area contributed by atoms with Crippen molar-refractivity contribution >= 4 is 45.8 Å². The summed E-state index contributed by atoms with van der Waals surface area (Å²) in [6.45, 7) is 8.77. The SMILES string of the molecule is Cc1ccc(N(c2ccc(C=C(c3ccccc3)c3ccccc3)cc2)c2ccc(CCc3ccc(N(c4ccc(-c5ccccc5)cc4)c4ccc(C)c(C)c4)cc3C)cc2)cc1. The van der Waals surface area contributed by atoms with E-state index in [9.17, 15) is 0 Å². The molecule has 0 aliphatic rings. The van der Waals surface area contributed by atoms with Gasteiger partial charge in [-0.3, -0.25) is 0 Å². The molecular formula is C62H54N2. The first-order valence-electron chi connectivity index (χ1n) is 22.4. The van der Waals surface area contributed by atoms with E-state index in [1.54, 1.807) is 0 Å². The van der Waals surface area contributed by atoms with Crippen molar-refractivity contribution in [1.82, 2.24) is 0 Å². The van der Waals surface area contributed by atoms with Crippen LogP contribution in [0.25, 0.3) is 22.8 Å². The van der Waals surface area contributed by atoms with Gasteiger partial charge in [-0.2, -0.15) is 0 Å². The first-order chi connectivity index (χ1) is 31.4. The summed E-state index contributed by atoms with van der Waals surface area (Å²) in [5, 5.41) is 0. The quantitative estimate of drug-likeness (QED) is 0.107. The van der Waals surface area contributed by atoms with Crippen LogP contribution in [-0.4, -0.2) is 0 Å². The largest absolute Gasteiger partial charge is 0.311 e. The second-order valence-electron chi connectivity index (χ2n) is 16.8. The van der Waals surface area contributed by atoms with Crippen LogP contribution >= 0.6 is 0 Å². The highest BCUT2D eigenvalue weighted by molar-refractivity contribution is 5.92. The fourth-order valence-electron chi connectivity index (χ4n) is 8.53. The van der Waals surface area contributed by atoms with Gasteiger partial charge in [-0.05, 0) is 181 Å². The lowest BCUT2D eigenvalue weighted by Crippen LogP contribution is -2.11. The predicted molar refractivity (Wildman–Crippen MR) is 274 cm³/mol. The molecule has 0 fully saturated rings. The van der Waals surface area contributed by atoms with Gasteiger partial charge in [0.1, 0.15) is 0 Å². The van der Waals surface area contributed by atoms with Gasteiger partial charge in [0.05, 0.1) is 0 Å². The third kappa shape index (κ3) is 9.53.